The molecule has 3 rings (SSSR count). The first-order valence-corrected chi connectivity index (χ1v) is 10.4. The predicted octanol–water partition coefficient (Wildman–Crippen LogP) is 2.25. The second-order valence-corrected chi connectivity index (χ2v) is 8.02. The number of nitrogens with one attached hydrogen (secondary N) is 2. The van der Waals surface area contributed by atoms with Crippen LogP contribution in [0.2, 0.25) is 0 Å². The molecule has 1 aromatic carbocycles. The van der Waals surface area contributed by atoms with Crippen LogP contribution in [0, 0.1) is 6.92 Å². The van der Waals surface area contributed by atoms with E-state index in [1.165, 1.54) is 4.88 Å². The smallest absolute Gasteiger partial charge is 0.309 e. The van der Waals surface area contributed by atoms with Crippen molar-refractivity contribution in [3.05, 3.63) is 57.8 Å². The van der Waals surface area contributed by atoms with Crippen molar-refractivity contribution in [2.75, 3.05) is 26.3 Å². The molecule has 2 atom stereocenters. The minimum absolute atomic E-state index is 0.0257. The standard InChI is InChI=1S/C21H27N3O3S/c1-15-5-7-17(8-6-15)14-22-20(25)21(26)23-16(2)19(18-4-3-13-28-18)24-9-11-27-12-10-24/h3-8,13,16,19H,9-12,14H2,1-2H3,(H,22,25)(H,23,26)/t16-,19+/m0/s1. The third-order valence-electron chi connectivity index (χ3n) is 4.89. The van der Waals surface area contributed by atoms with Crippen LogP contribution in [-0.2, 0) is 20.9 Å². The van der Waals surface area contributed by atoms with Gasteiger partial charge in [-0.25, -0.2) is 0 Å². The minimum Gasteiger partial charge on any atom is -0.379 e. The summed E-state index contributed by atoms with van der Waals surface area (Å²) in [6.45, 7) is 7.27. The lowest BCUT2D eigenvalue weighted by Gasteiger charge is -2.37. The molecule has 6 nitrogen and oxygen atoms in total. The Morgan fingerprint density at radius 1 is 1.14 bits per heavy atom. The van der Waals surface area contributed by atoms with Crippen molar-refractivity contribution in [1.29, 1.82) is 0 Å². The highest BCUT2D eigenvalue weighted by atomic mass is 32.1. The number of thiophene rings is 1. The van der Waals surface area contributed by atoms with Crippen molar-refractivity contribution in [3.63, 3.8) is 0 Å². The van der Waals surface area contributed by atoms with Crippen molar-refractivity contribution in [3.8, 4) is 0 Å². The van der Waals surface area contributed by atoms with Crippen molar-refractivity contribution in [2.45, 2.75) is 32.5 Å². The van der Waals surface area contributed by atoms with Gasteiger partial charge in [-0.2, -0.15) is 0 Å². The number of hydrogen-bond donors (Lipinski definition) is 2. The summed E-state index contributed by atoms with van der Waals surface area (Å²) in [6, 6.07) is 11.8. The van der Waals surface area contributed by atoms with Gasteiger partial charge < -0.3 is 15.4 Å². The van der Waals surface area contributed by atoms with Crippen LogP contribution in [0.15, 0.2) is 41.8 Å². The maximum atomic E-state index is 12.4. The summed E-state index contributed by atoms with van der Waals surface area (Å²) in [7, 11) is 0. The highest BCUT2D eigenvalue weighted by Crippen LogP contribution is 2.29. The largest absolute Gasteiger partial charge is 0.379 e. The molecule has 1 aliphatic heterocycles. The van der Waals surface area contributed by atoms with Gasteiger partial charge in [0.2, 0.25) is 0 Å². The van der Waals surface area contributed by atoms with Crippen LogP contribution in [0.25, 0.3) is 0 Å². The Morgan fingerprint density at radius 3 is 2.50 bits per heavy atom. The number of morpholine rings is 1. The van der Waals surface area contributed by atoms with Crippen LogP contribution in [0.4, 0.5) is 0 Å². The summed E-state index contributed by atoms with van der Waals surface area (Å²) in [5.74, 6) is -1.21. The third-order valence-corrected chi connectivity index (χ3v) is 5.83. The number of amides is 2. The first-order chi connectivity index (χ1) is 13.5. The average molecular weight is 402 g/mol. The van der Waals surface area contributed by atoms with E-state index in [1.807, 2.05) is 49.6 Å². The highest BCUT2D eigenvalue weighted by molar-refractivity contribution is 7.10. The zero-order chi connectivity index (χ0) is 19.9. The Bertz CT molecular complexity index is 771. The number of aryl methyl sites for hydroxylation is 1. The fourth-order valence-corrected chi connectivity index (χ4v) is 4.34. The average Bonchev–Trinajstić information content (AvgIpc) is 3.22. The van der Waals surface area contributed by atoms with Crippen molar-refractivity contribution < 1.29 is 14.3 Å². The van der Waals surface area contributed by atoms with E-state index in [4.69, 9.17) is 4.74 Å². The van der Waals surface area contributed by atoms with E-state index in [0.717, 1.165) is 24.2 Å². The molecule has 150 valence electrons. The number of ether oxygens (including phenoxy) is 1. The Hall–Kier alpha value is -2.22. The number of nitrogens with zero attached hydrogens (tertiary/aromatic N) is 1. The van der Waals surface area contributed by atoms with Crippen molar-refractivity contribution in [1.82, 2.24) is 15.5 Å². The van der Waals surface area contributed by atoms with Gasteiger partial charge in [-0.05, 0) is 30.9 Å². The Morgan fingerprint density at radius 2 is 1.86 bits per heavy atom. The zero-order valence-electron chi connectivity index (χ0n) is 16.3. The van der Waals surface area contributed by atoms with Crippen LogP contribution in [0.3, 0.4) is 0 Å². The molecular formula is C21H27N3O3S. The normalized spacial score (nSPS) is 16.9. The molecule has 0 aliphatic carbocycles. The first-order valence-electron chi connectivity index (χ1n) is 9.54. The molecule has 1 saturated heterocycles. The molecule has 2 heterocycles. The first kappa shape index (κ1) is 20.5. The second kappa shape index (κ2) is 9.82. The molecule has 0 unspecified atom stereocenters. The van der Waals surface area contributed by atoms with Crippen molar-refractivity contribution in [2.24, 2.45) is 0 Å². The highest BCUT2D eigenvalue weighted by Gasteiger charge is 2.30. The van der Waals surface area contributed by atoms with Crippen LogP contribution < -0.4 is 10.6 Å². The molecule has 2 amide bonds. The molecule has 1 aliphatic rings. The molecule has 2 N–H and O–H groups in total. The summed E-state index contributed by atoms with van der Waals surface area (Å²) in [4.78, 5) is 28.2. The van der Waals surface area contributed by atoms with Gasteiger partial charge in [-0.15, -0.1) is 11.3 Å². The van der Waals surface area contributed by atoms with E-state index >= 15 is 0 Å². The van der Waals surface area contributed by atoms with Gasteiger partial charge >= 0.3 is 11.8 Å². The van der Waals surface area contributed by atoms with E-state index in [9.17, 15) is 9.59 Å². The van der Waals surface area contributed by atoms with Crippen LogP contribution in [0.1, 0.15) is 29.0 Å². The van der Waals surface area contributed by atoms with Gasteiger partial charge in [0.1, 0.15) is 0 Å². The molecule has 1 fully saturated rings. The summed E-state index contributed by atoms with van der Waals surface area (Å²) in [5, 5.41) is 7.61. The maximum Gasteiger partial charge on any atom is 0.309 e. The monoisotopic (exact) mass is 401 g/mol. The Balaban J connectivity index is 1.58. The lowest BCUT2D eigenvalue weighted by Crippen LogP contribution is -2.51. The molecule has 7 heteroatoms. The molecule has 0 radical (unpaired) electrons. The van der Waals surface area contributed by atoms with E-state index in [0.29, 0.717) is 19.8 Å². The van der Waals surface area contributed by atoms with E-state index in [1.54, 1.807) is 11.3 Å². The molecule has 0 saturated carbocycles. The summed E-state index contributed by atoms with van der Waals surface area (Å²) in [6.07, 6.45) is 0. The molecule has 28 heavy (non-hydrogen) atoms. The predicted molar refractivity (Wildman–Crippen MR) is 110 cm³/mol. The molecule has 2 aromatic rings. The van der Waals surface area contributed by atoms with Gasteiger partial charge in [0, 0.05) is 30.6 Å². The van der Waals surface area contributed by atoms with E-state index in [2.05, 4.69) is 21.6 Å². The van der Waals surface area contributed by atoms with Gasteiger partial charge in [-0.3, -0.25) is 14.5 Å². The maximum absolute atomic E-state index is 12.4. The fraction of sp³-hybridized carbons (Fsp3) is 0.429. The van der Waals surface area contributed by atoms with Gasteiger partial charge in [0.05, 0.1) is 19.3 Å². The number of benzene rings is 1. The lowest BCUT2D eigenvalue weighted by atomic mass is 10.1. The Kier molecular flexibility index (Phi) is 7.19. The van der Waals surface area contributed by atoms with Gasteiger partial charge in [-0.1, -0.05) is 35.9 Å². The van der Waals surface area contributed by atoms with E-state index in [-0.39, 0.29) is 12.1 Å². The number of hydrogen-bond acceptors (Lipinski definition) is 5. The summed E-state index contributed by atoms with van der Waals surface area (Å²) < 4.78 is 5.46. The SMILES string of the molecule is Cc1ccc(CNC(=O)C(=O)N[C@@H](C)[C@H](c2cccs2)N2CCOCC2)cc1. The van der Waals surface area contributed by atoms with Crippen LogP contribution in [-0.4, -0.2) is 49.1 Å². The Labute approximate surface area is 169 Å². The molecule has 1 aromatic heterocycles. The quantitative estimate of drug-likeness (QED) is 0.729. The topological polar surface area (TPSA) is 70.7 Å². The van der Waals surface area contributed by atoms with Gasteiger partial charge in [0.25, 0.3) is 0 Å². The van der Waals surface area contributed by atoms with Crippen LogP contribution in [0.5, 0.6) is 0 Å². The molecule has 0 spiro atoms. The number of carbonyl (C=O) groups excluding carboxylic acids is 2. The minimum atomic E-state index is -0.612. The van der Waals surface area contributed by atoms with Gasteiger partial charge in [0.15, 0.2) is 0 Å². The summed E-state index contributed by atoms with van der Waals surface area (Å²) >= 11 is 1.66. The fourth-order valence-electron chi connectivity index (χ4n) is 3.38. The molecular weight excluding hydrogens is 374 g/mol. The number of rotatable bonds is 6. The zero-order valence-corrected chi connectivity index (χ0v) is 17.1. The van der Waals surface area contributed by atoms with Crippen LogP contribution >= 0.6 is 11.3 Å². The van der Waals surface area contributed by atoms with Crippen molar-refractivity contribution >= 4 is 23.2 Å². The third kappa shape index (κ3) is 5.41. The van der Waals surface area contributed by atoms with E-state index < -0.39 is 11.8 Å². The lowest BCUT2D eigenvalue weighted by molar-refractivity contribution is -0.140. The number of carbonyl (C=O) groups is 2. The summed E-state index contributed by atoms with van der Waals surface area (Å²) in [5.41, 5.74) is 2.12. The second-order valence-electron chi connectivity index (χ2n) is 7.04. The molecule has 0 bridgehead atoms.